The van der Waals surface area contributed by atoms with Gasteiger partial charge in [0.15, 0.2) is 0 Å². The van der Waals surface area contributed by atoms with Crippen LogP contribution in [0.5, 0.6) is 0 Å². The molecular formula is C26H54O4S. The molecule has 0 saturated heterocycles. The molecule has 0 N–H and O–H groups in total. The Bertz CT molecular complexity index is 403. The molecular weight excluding hydrogens is 408 g/mol. The summed E-state index contributed by atoms with van der Waals surface area (Å²) in [5, 5.41) is 0. The van der Waals surface area contributed by atoms with Crippen LogP contribution in [0, 0.1) is 0 Å². The first-order chi connectivity index (χ1) is 15.1. The van der Waals surface area contributed by atoms with Gasteiger partial charge in [0.2, 0.25) is 0 Å². The van der Waals surface area contributed by atoms with Gasteiger partial charge in [-0.15, -0.1) is 0 Å². The van der Waals surface area contributed by atoms with Crippen LogP contribution in [0.15, 0.2) is 0 Å². The van der Waals surface area contributed by atoms with E-state index in [0.717, 1.165) is 38.5 Å². The van der Waals surface area contributed by atoms with E-state index in [1.807, 2.05) is 0 Å². The van der Waals surface area contributed by atoms with Crippen LogP contribution in [-0.4, -0.2) is 21.6 Å². The van der Waals surface area contributed by atoms with Crippen LogP contribution >= 0.6 is 0 Å². The fraction of sp³-hybridized carbons (Fsp3) is 1.00. The van der Waals surface area contributed by atoms with Gasteiger partial charge >= 0.3 is 10.4 Å². The van der Waals surface area contributed by atoms with Crippen molar-refractivity contribution < 1.29 is 16.8 Å². The van der Waals surface area contributed by atoms with Gasteiger partial charge in [0.05, 0.1) is 13.2 Å². The van der Waals surface area contributed by atoms with Crippen LogP contribution in [0.4, 0.5) is 0 Å². The third kappa shape index (κ3) is 26.0. The summed E-state index contributed by atoms with van der Waals surface area (Å²) in [5.74, 6) is 0. The van der Waals surface area contributed by atoms with Crippen molar-refractivity contribution in [3.05, 3.63) is 0 Å². The molecule has 0 amide bonds. The van der Waals surface area contributed by atoms with Crippen molar-refractivity contribution in [3.63, 3.8) is 0 Å². The second-order valence-corrected chi connectivity index (χ2v) is 10.4. The lowest BCUT2D eigenvalue weighted by Crippen LogP contribution is -2.12. The quantitative estimate of drug-likeness (QED) is 0.120. The molecule has 0 fully saturated rings. The number of unbranched alkanes of at least 4 members (excludes halogenated alkanes) is 20. The number of hydrogen-bond donors (Lipinski definition) is 0. The predicted molar refractivity (Wildman–Crippen MR) is 134 cm³/mol. The van der Waals surface area contributed by atoms with Gasteiger partial charge in [-0.1, -0.05) is 142 Å². The van der Waals surface area contributed by atoms with E-state index in [-0.39, 0.29) is 13.2 Å². The summed E-state index contributed by atoms with van der Waals surface area (Å²) in [6.07, 6.45) is 27.3. The lowest BCUT2D eigenvalue weighted by Gasteiger charge is -2.06. The number of hydrogen-bond acceptors (Lipinski definition) is 4. The summed E-state index contributed by atoms with van der Waals surface area (Å²) in [6, 6.07) is 0. The van der Waals surface area contributed by atoms with E-state index in [1.165, 1.54) is 103 Å². The topological polar surface area (TPSA) is 52.6 Å². The minimum atomic E-state index is -3.81. The molecule has 0 heterocycles. The maximum atomic E-state index is 11.8. The van der Waals surface area contributed by atoms with E-state index in [9.17, 15) is 8.42 Å². The molecule has 0 aliphatic heterocycles. The third-order valence-electron chi connectivity index (χ3n) is 5.95. The van der Waals surface area contributed by atoms with E-state index in [4.69, 9.17) is 8.37 Å². The Morgan fingerprint density at radius 2 is 0.613 bits per heavy atom. The maximum Gasteiger partial charge on any atom is 0.399 e. The Labute approximate surface area is 195 Å². The Morgan fingerprint density at radius 3 is 0.871 bits per heavy atom. The monoisotopic (exact) mass is 462 g/mol. The van der Waals surface area contributed by atoms with Gasteiger partial charge in [0.1, 0.15) is 0 Å². The molecule has 0 aromatic heterocycles. The van der Waals surface area contributed by atoms with Crippen molar-refractivity contribution >= 4 is 10.4 Å². The molecule has 0 aromatic rings. The highest BCUT2D eigenvalue weighted by Crippen LogP contribution is 2.13. The molecule has 0 radical (unpaired) electrons. The van der Waals surface area contributed by atoms with Gasteiger partial charge in [0, 0.05) is 0 Å². The van der Waals surface area contributed by atoms with E-state index in [2.05, 4.69) is 13.8 Å². The molecule has 0 rings (SSSR count). The molecule has 0 atom stereocenters. The van der Waals surface area contributed by atoms with Gasteiger partial charge in [-0.3, -0.25) is 0 Å². The molecule has 5 heteroatoms. The molecule has 0 aliphatic carbocycles. The zero-order chi connectivity index (χ0) is 22.9. The average Bonchev–Trinajstić information content (AvgIpc) is 2.75. The maximum absolute atomic E-state index is 11.8. The first kappa shape index (κ1) is 30.9. The molecule has 0 unspecified atom stereocenters. The van der Waals surface area contributed by atoms with Crippen molar-refractivity contribution in [2.24, 2.45) is 0 Å². The van der Waals surface area contributed by atoms with Crippen LogP contribution < -0.4 is 0 Å². The molecule has 0 saturated carbocycles. The second-order valence-electron chi connectivity index (χ2n) is 9.12. The lowest BCUT2D eigenvalue weighted by atomic mass is 10.1. The fourth-order valence-corrected chi connectivity index (χ4v) is 4.60. The van der Waals surface area contributed by atoms with Crippen molar-refractivity contribution in [1.82, 2.24) is 0 Å². The zero-order valence-corrected chi connectivity index (χ0v) is 21.8. The highest BCUT2D eigenvalue weighted by Gasteiger charge is 2.11. The van der Waals surface area contributed by atoms with Crippen LogP contribution in [0.3, 0.4) is 0 Å². The Hall–Kier alpha value is -0.130. The average molecular weight is 463 g/mol. The summed E-state index contributed by atoms with van der Waals surface area (Å²) in [4.78, 5) is 0. The number of rotatable bonds is 26. The molecule has 0 spiro atoms. The van der Waals surface area contributed by atoms with Crippen LogP contribution in [0.1, 0.15) is 155 Å². The summed E-state index contributed by atoms with van der Waals surface area (Å²) in [5.41, 5.74) is 0. The lowest BCUT2D eigenvalue weighted by molar-refractivity contribution is 0.208. The SMILES string of the molecule is CCCCCCCCCCCCCOS(=O)(=O)OCCCCCCCCCCCCC. The smallest absolute Gasteiger partial charge is 0.248 e. The third-order valence-corrected chi connectivity index (χ3v) is 6.86. The van der Waals surface area contributed by atoms with Gasteiger partial charge in [-0.25, -0.2) is 8.37 Å². The molecule has 0 bridgehead atoms. The zero-order valence-electron chi connectivity index (χ0n) is 21.0. The normalized spacial score (nSPS) is 11.9. The predicted octanol–water partition coefficient (Wildman–Crippen LogP) is 8.89. The van der Waals surface area contributed by atoms with E-state index in [1.54, 1.807) is 0 Å². The van der Waals surface area contributed by atoms with Crippen LogP contribution in [0.2, 0.25) is 0 Å². The fourth-order valence-electron chi connectivity index (χ4n) is 3.89. The van der Waals surface area contributed by atoms with Gasteiger partial charge < -0.3 is 0 Å². The first-order valence-electron chi connectivity index (χ1n) is 13.7. The molecule has 188 valence electrons. The Balaban J connectivity index is 3.31. The molecule has 31 heavy (non-hydrogen) atoms. The largest absolute Gasteiger partial charge is 0.399 e. The minimum Gasteiger partial charge on any atom is -0.248 e. The van der Waals surface area contributed by atoms with Gasteiger partial charge in [0.25, 0.3) is 0 Å². The van der Waals surface area contributed by atoms with Crippen molar-refractivity contribution in [2.75, 3.05) is 13.2 Å². The Morgan fingerprint density at radius 1 is 0.387 bits per heavy atom. The van der Waals surface area contributed by atoms with Crippen molar-refractivity contribution in [2.45, 2.75) is 155 Å². The molecule has 0 aromatic carbocycles. The van der Waals surface area contributed by atoms with Crippen LogP contribution in [-0.2, 0) is 18.8 Å². The van der Waals surface area contributed by atoms with Crippen LogP contribution in [0.25, 0.3) is 0 Å². The molecule has 4 nitrogen and oxygen atoms in total. The van der Waals surface area contributed by atoms with Gasteiger partial charge in [-0.05, 0) is 12.8 Å². The van der Waals surface area contributed by atoms with E-state index >= 15 is 0 Å². The highest BCUT2D eigenvalue weighted by molar-refractivity contribution is 7.81. The molecule has 0 aliphatic rings. The second kappa shape index (κ2) is 24.5. The van der Waals surface area contributed by atoms with Crippen molar-refractivity contribution in [3.8, 4) is 0 Å². The highest BCUT2D eigenvalue weighted by atomic mass is 32.3. The summed E-state index contributed by atoms with van der Waals surface area (Å²) < 4.78 is 33.4. The summed E-state index contributed by atoms with van der Waals surface area (Å²) in [6.45, 7) is 5.00. The van der Waals surface area contributed by atoms with E-state index in [0.29, 0.717) is 0 Å². The first-order valence-corrected chi connectivity index (χ1v) is 15.0. The van der Waals surface area contributed by atoms with Gasteiger partial charge in [-0.2, -0.15) is 8.42 Å². The van der Waals surface area contributed by atoms with Crippen molar-refractivity contribution in [1.29, 1.82) is 0 Å². The minimum absolute atomic E-state index is 0.248. The van der Waals surface area contributed by atoms with E-state index < -0.39 is 10.4 Å². The standard InChI is InChI=1S/C26H54O4S/c1-3-5-7-9-11-13-15-17-19-21-23-25-29-31(27,28)30-26-24-22-20-18-16-14-12-10-8-6-4-2/h3-26H2,1-2H3. The summed E-state index contributed by atoms with van der Waals surface area (Å²) in [7, 11) is -3.81. The summed E-state index contributed by atoms with van der Waals surface area (Å²) >= 11 is 0. The Kier molecular flexibility index (Phi) is 24.4.